The summed E-state index contributed by atoms with van der Waals surface area (Å²) >= 11 is 0. The van der Waals surface area contributed by atoms with Crippen LogP contribution in [0.3, 0.4) is 0 Å². The Morgan fingerprint density at radius 1 is 1.17 bits per heavy atom. The van der Waals surface area contributed by atoms with E-state index >= 15 is 0 Å². The molecule has 0 aromatic heterocycles. The lowest BCUT2D eigenvalue weighted by Gasteiger charge is -2.34. The van der Waals surface area contributed by atoms with Crippen LogP contribution in [0.15, 0.2) is 0 Å². The Bertz CT molecular complexity index is 303. The second kappa shape index (κ2) is 6.07. The molecule has 0 saturated carbocycles. The van der Waals surface area contributed by atoms with Crippen molar-refractivity contribution in [3.8, 4) is 0 Å². The molecule has 1 amide bonds. The molecule has 0 aliphatic carbocycles. The quantitative estimate of drug-likeness (QED) is 0.796. The Kier molecular flexibility index (Phi) is 5.64. The van der Waals surface area contributed by atoms with E-state index in [1.165, 1.54) is 0 Å². The van der Waals surface area contributed by atoms with Crippen molar-refractivity contribution in [2.24, 2.45) is 5.41 Å². The second-order valence-corrected chi connectivity index (χ2v) is 5.78. The summed E-state index contributed by atoms with van der Waals surface area (Å²) in [6.07, 6.45) is 0.634. The highest BCUT2D eigenvalue weighted by atomic mass is 16.6. The van der Waals surface area contributed by atoms with Gasteiger partial charge in [-0.1, -0.05) is 20.8 Å². The molecule has 1 atom stereocenters. The summed E-state index contributed by atoms with van der Waals surface area (Å²) in [4.78, 5) is 23.0. The van der Waals surface area contributed by atoms with Crippen LogP contribution >= 0.6 is 0 Å². The fourth-order valence-electron chi connectivity index (χ4n) is 1.62. The number of nitrogens with one attached hydrogen (secondary N) is 1. The van der Waals surface area contributed by atoms with Gasteiger partial charge < -0.3 is 15.2 Å². The van der Waals surface area contributed by atoms with Crippen LogP contribution in [-0.2, 0) is 9.53 Å². The van der Waals surface area contributed by atoms with E-state index < -0.39 is 29.1 Å². The van der Waals surface area contributed by atoms with E-state index in [0.29, 0.717) is 12.8 Å². The van der Waals surface area contributed by atoms with Crippen molar-refractivity contribution in [1.29, 1.82) is 0 Å². The number of amides is 1. The first-order valence-corrected chi connectivity index (χ1v) is 6.28. The molecule has 0 bridgehead atoms. The average molecular weight is 259 g/mol. The Balaban J connectivity index is 4.85. The number of hydrogen-bond acceptors (Lipinski definition) is 3. The maximum absolute atomic E-state index is 11.7. The maximum atomic E-state index is 11.7. The van der Waals surface area contributed by atoms with Crippen molar-refractivity contribution in [3.05, 3.63) is 0 Å². The Morgan fingerprint density at radius 3 is 1.89 bits per heavy atom. The zero-order chi connectivity index (χ0) is 14.6. The van der Waals surface area contributed by atoms with E-state index in [-0.39, 0.29) is 0 Å². The highest BCUT2D eigenvalue weighted by molar-refractivity contribution is 5.80. The van der Waals surface area contributed by atoms with Crippen LogP contribution in [0.2, 0.25) is 0 Å². The number of hydrogen-bond donors (Lipinski definition) is 2. The zero-order valence-corrected chi connectivity index (χ0v) is 12.2. The predicted octanol–water partition coefficient (Wildman–Crippen LogP) is 2.79. The summed E-state index contributed by atoms with van der Waals surface area (Å²) in [7, 11) is 0. The maximum Gasteiger partial charge on any atom is 0.408 e. The molecule has 5 heteroatoms. The number of alkyl carbamates (subject to hydrolysis) is 1. The van der Waals surface area contributed by atoms with Crippen molar-refractivity contribution in [3.63, 3.8) is 0 Å². The summed E-state index contributed by atoms with van der Waals surface area (Å²) < 4.78 is 5.09. The highest BCUT2D eigenvalue weighted by Crippen LogP contribution is 2.30. The van der Waals surface area contributed by atoms with Gasteiger partial charge in [0.15, 0.2) is 0 Å². The minimum atomic E-state index is -1.04. The lowest BCUT2D eigenvalue weighted by atomic mass is 9.77. The summed E-state index contributed by atoms with van der Waals surface area (Å²) in [6.45, 7) is 10.9. The lowest BCUT2D eigenvalue weighted by molar-refractivity contribution is -0.143. The molecule has 0 fully saturated rings. The van der Waals surface area contributed by atoms with Gasteiger partial charge in [0.2, 0.25) is 0 Å². The van der Waals surface area contributed by atoms with Crippen LogP contribution in [0.4, 0.5) is 4.79 Å². The number of carboxylic acid groups (broad SMARTS) is 1. The molecule has 0 aromatic rings. The van der Waals surface area contributed by atoms with Gasteiger partial charge in [-0.3, -0.25) is 0 Å². The monoisotopic (exact) mass is 259 g/mol. The largest absolute Gasteiger partial charge is 0.480 e. The summed E-state index contributed by atoms with van der Waals surface area (Å²) in [6, 6.07) is -0.942. The van der Waals surface area contributed by atoms with Gasteiger partial charge in [0.1, 0.15) is 11.6 Å². The number of rotatable bonds is 5. The van der Waals surface area contributed by atoms with Crippen LogP contribution in [0.5, 0.6) is 0 Å². The third-order valence-electron chi connectivity index (χ3n) is 3.22. The van der Waals surface area contributed by atoms with Gasteiger partial charge >= 0.3 is 12.1 Å². The zero-order valence-electron chi connectivity index (χ0n) is 12.2. The van der Waals surface area contributed by atoms with Gasteiger partial charge in [0.05, 0.1) is 0 Å². The van der Waals surface area contributed by atoms with Gasteiger partial charge in [-0.05, 0) is 39.0 Å². The van der Waals surface area contributed by atoms with Crippen molar-refractivity contribution in [2.45, 2.75) is 66.0 Å². The van der Waals surface area contributed by atoms with Crippen LogP contribution in [0, 0.1) is 5.41 Å². The van der Waals surface area contributed by atoms with Crippen LogP contribution < -0.4 is 5.32 Å². The van der Waals surface area contributed by atoms with Crippen molar-refractivity contribution in [1.82, 2.24) is 5.32 Å². The molecule has 106 valence electrons. The molecular weight excluding hydrogens is 234 g/mol. The van der Waals surface area contributed by atoms with Gasteiger partial charge in [-0.15, -0.1) is 0 Å². The molecule has 0 rings (SSSR count). The fraction of sp³-hybridized carbons (Fsp3) is 0.846. The molecule has 0 spiro atoms. The molecule has 0 aliphatic rings. The fourth-order valence-corrected chi connectivity index (χ4v) is 1.62. The first-order valence-electron chi connectivity index (χ1n) is 6.28. The highest BCUT2D eigenvalue weighted by Gasteiger charge is 2.38. The standard InChI is InChI=1S/C13H25NO4/c1-7-13(6,8-2)9(10(15)16)14-11(17)18-12(3,4)5/h9H,7-8H2,1-6H3,(H,14,17)(H,15,16). The minimum Gasteiger partial charge on any atom is -0.480 e. The first kappa shape index (κ1) is 16.7. The molecule has 5 nitrogen and oxygen atoms in total. The van der Waals surface area contributed by atoms with E-state index in [1.807, 2.05) is 20.8 Å². The van der Waals surface area contributed by atoms with E-state index in [1.54, 1.807) is 20.8 Å². The van der Waals surface area contributed by atoms with E-state index in [4.69, 9.17) is 4.74 Å². The Morgan fingerprint density at radius 2 is 1.61 bits per heavy atom. The van der Waals surface area contributed by atoms with Crippen LogP contribution in [0.1, 0.15) is 54.4 Å². The first-order chi connectivity index (χ1) is 8.05. The van der Waals surface area contributed by atoms with Crippen molar-refractivity contribution >= 4 is 12.1 Å². The van der Waals surface area contributed by atoms with Crippen molar-refractivity contribution in [2.75, 3.05) is 0 Å². The lowest BCUT2D eigenvalue weighted by Crippen LogP contribution is -2.52. The van der Waals surface area contributed by atoms with Crippen molar-refractivity contribution < 1.29 is 19.4 Å². The smallest absolute Gasteiger partial charge is 0.408 e. The van der Waals surface area contributed by atoms with E-state index in [0.717, 1.165) is 0 Å². The molecule has 0 radical (unpaired) electrons. The average Bonchev–Trinajstić information content (AvgIpc) is 2.22. The number of carbonyl (C=O) groups excluding carboxylic acids is 1. The molecular formula is C13H25NO4. The van der Waals surface area contributed by atoms with E-state index in [2.05, 4.69) is 5.32 Å². The molecule has 0 aliphatic heterocycles. The number of ether oxygens (including phenoxy) is 1. The Labute approximate surface area is 109 Å². The molecule has 18 heavy (non-hydrogen) atoms. The van der Waals surface area contributed by atoms with Crippen LogP contribution in [0.25, 0.3) is 0 Å². The molecule has 0 heterocycles. The molecule has 0 saturated heterocycles. The molecule has 0 aromatic carbocycles. The number of carboxylic acids is 1. The van der Waals surface area contributed by atoms with Gasteiger partial charge in [-0.25, -0.2) is 9.59 Å². The summed E-state index contributed by atoms with van der Waals surface area (Å²) in [5.41, 5.74) is -1.12. The normalized spacial score (nSPS) is 13.9. The molecule has 1 unspecified atom stereocenters. The van der Waals surface area contributed by atoms with Gasteiger partial charge in [0.25, 0.3) is 0 Å². The number of carbonyl (C=O) groups is 2. The summed E-state index contributed by atoms with van der Waals surface area (Å²) in [5.74, 6) is -1.04. The Hall–Kier alpha value is -1.26. The minimum absolute atomic E-state index is 0.483. The van der Waals surface area contributed by atoms with Crippen LogP contribution in [-0.4, -0.2) is 28.8 Å². The topological polar surface area (TPSA) is 75.6 Å². The number of aliphatic carboxylic acids is 1. The predicted molar refractivity (Wildman–Crippen MR) is 69.5 cm³/mol. The van der Waals surface area contributed by atoms with Gasteiger partial charge in [-0.2, -0.15) is 0 Å². The summed E-state index contributed by atoms with van der Waals surface area (Å²) in [5, 5.41) is 11.7. The second-order valence-electron chi connectivity index (χ2n) is 5.78. The van der Waals surface area contributed by atoms with Gasteiger partial charge in [0, 0.05) is 0 Å². The van der Waals surface area contributed by atoms with E-state index in [9.17, 15) is 14.7 Å². The third kappa shape index (κ3) is 4.94. The third-order valence-corrected chi connectivity index (χ3v) is 3.22. The molecule has 2 N–H and O–H groups in total. The SMILES string of the molecule is CCC(C)(CC)C(NC(=O)OC(C)(C)C)C(=O)O.